The van der Waals surface area contributed by atoms with E-state index in [1.807, 2.05) is 0 Å². The predicted molar refractivity (Wildman–Crippen MR) is 134 cm³/mol. The number of thioether (sulfide) groups is 1. The summed E-state index contributed by atoms with van der Waals surface area (Å²) in [6, 6.07) is 8.00. The number of hydrogen-bond donors (Lipinski definition) is 0. The summed E-state index contributed by atoms with van der Waals surface area (Å²) in [6.07, 6.45) is 2.45. The lowest BCUT2D eigenvalue weighted by Gasteiger charge is -2.14. The molecule has 2 aromatic carbocycles. The van der Waals surface area contributed by atoms with Crippen LogP contribution in [0.15, 0.2) is 41.4 Å². The van der Waals surface area contributed by atoms with Crippen LogP contribution < -0.4 is 18.9 Å². The molecule has 1 aromatic heterocycles. The maximum atomic E-state index is 14.0. The Morgan fingerprint density at radius 1 is 1.16 bits per heavy atom. The maximum absolute atomic E-state index is 14.0. The topological polar surface area (TPSA) is 100 Å². The molecule has 0 unspecified atom stereocenters. The molecule has 1 saturated heterocycles. The molecule has 9 nitrogen and oxygen atoms in total. The molecule has 37 heavy (non-hydrogen) atoms. The number of rotatable bonds is 7. The van der Waals surface area contributed by atoms with Crippen molar-refractivity contribution in [1.29, 1.82) is 0 Å². The van der Waals surface area contributed by atoms with Gasteiger partial charge in [-0.15, -0.1) is 0 Å². The summed E-state index contributed by atoms with van der Waals surface area (Å²) >= 11 is 12.9. The van der Waals surface area contributed by atoms with Crippen LogP contribution in [0.5, 0.6) is 28.9 Å². The molecule has 2 aliphatic rings. The highest BCUT2D eigenvalue weighted by Gasteiger charge is 2.36. The number of benzene rings is 2. The van der Waals surface area contributed by atoms with Gasteiger partial charge in [0.1, 0.15) is 0 Å². The van der Waals surface area contributed by atoms with Crippen molar-refractivity contribution in [3.8, 4) is 28.9 Å². The Morgan fingerprint density at radius 3 is 2.73 bits per heavy atom. The predicted octanol–water partition coefficient (Wildman–Crippen LogP) is 6.08. The zero-order valence-corrected chi connectivity index (χ0v) is 21.3. The molecule has 1 fully saturated rings. The van der Waals surface area contributed by atoms with Gasteiger partial charge in [-0.3, -0.25) is 14.5 Å². The number of carbonyl (C=O) groups excluding carboxylic acids is 2. The number of hydrogen-bond acceptors (Lipinski definition) is 9. The number of carbonyl (C=O) groups is 2. The first-order valence-electron chi connectivity index (χ1n) is 10.8. The maximum Gasteiger partial charge on any atom is 0.293 e. The van der Waals surface area contributed by atoms with Crippen molar-refractivity contribution in [2.24, 2.45) is 0 Å². The molecule has 5 rings (SSSR count). The SMILES string of the molecule is CCOc1cc(/C=C2/SC(=O)N(Cc3cc4c(cc3Cl)OCO4)C2=O)ccc1Oc1nc(Cl)ncc1F. The average molecular weight is 564 g/mol. The van der Waals surface area contributed by atoms with Crippen LogP contribution in [-0.4, -0.2) is 39.4 Å². The summed E-state index contributed by atoms with van der Waals surface area (Å²) < 4.78 is 35.8. The Bertz CT molecular complexity index is 1450. The van der Waals surface area contributed by atoms with E-state index in [1.165, 1.54) is 6.07 Å². The number of amides is 2. The third kappa shape index (κ3) is 5.29. The van der Waals surface area contributed by atoms with Crippen molar-refractivity contribution >= 4 is 52.2 Å². The number of fused-ring (bicyclic) bond motifs is 1. The molecule has 0 spiro atoms. The van der Waals surface area contributed by atoms with E-state index in [0.717, 1.165) is 22.9 Å². The lowest BCUT2D eigenvalue weighted by atomic mass is 10.1. The van der Waals surface area contributed by atoms with Gasteiger partial charge in [0.25, 0.3) is 17.0 Å². The summed E-state index contributed by atoms with van der Waals surface area (Å²) in [5, 5.41) is -0.263. The Labute approximate surface area is 224 Å². The Balaban J connectivity index is 1.37. The highest BCUT2D eigenvalue weighted by molar-refractivity contribution is 8.18. The summed E-state index contributed by atoms with van der Waals surface area (Å²) in [5.74, 6) is -0.179. The lowest BCUT2D eigenvalue weighted by molar-refractivity contribution is -0.123. The zero-order chi connectivity index (χ0) is 26.1. The molecule has 0 atom stereocenters. The zero-order valence-electron chi connectivity index (χ0n) is 19.0. The van der Waals surface area contributed by atoms with Crippen molar-refractivity contribution in [3.63, 3.8) is 0 Å². The first-order valence-corrected chi connectivity index (χ1v) is 12.4. The van der Waals surface area contributed by atoms with E-state index in [9.17, 15) is 14.0 Å². The minimum Gasteiger partial charge on any atom is -0.490 e. The van der Waals surface area contributed by atoms with Gasteiger partial charge in [0, 0.05) is 11.1 Å². The van der Waals surface area contributed by atoms with Crippen LogP contribution >= 0.6 is 35.0 Å². The van der Waals surface area contributed by atoms with Crippen LogP contribution in [0.4, 0.5) is 9.18 Å². The first kappa shape index (κ1) is 25.1. The highest BCUT2D eigenvalue weighted by Crippen LogP contribution is 2.40. The average Bonchev–Trinajstić information content (AvgIpc) is 3.42. The summed E-state index contributed by atoms with van der Waals surface area (Å²) in [6.45, 7) is 2.11. The minimum absolute atomic E-state index is 0.0263. The number of imide groups is 1. The second-order valence-electron chi connectivity index (χ2n) is 7.60. The quantitative estimate of drug-likeness (QED) is 0.250. The van der Waals surface area contributed by atoms with Crippen molar-refractivity contribution in [3.05, 3.63) is 68.7 Å². The van der Waals surface area contributed by atoms with Gasteiger partial charge < -0.3 is 18.9 Å². The largest absolute Gasteiger partial charge is 0.490 e. The van der Waals surface area contributed by atoms with Gasteiger partial charge in [-0.05, 0) is 65.7 Å². The Kier molecular flexibility index (Phi) is 7.09. The van der Waals surface area contributed by atoms with Gasteiger partial charge in [-0.25, -0.2) is 4.98 Å². The van der Waals surface area contributed by atoms with Crippen LogP contribution in [0.2, 0.25) is 10.3 Å². The number of nitrogens with zero attached hydrogens (tertiary/aromatic N) is 3. The van der Waals surface area contributed by atoms with Crippen molar-refractivity contribution in [2.75, 3.05) is 13.4 Å². The fraction of sp³-hybridized carbons (Fsp3) is 0.167. The molecule has 190 valence electrons. The van der Waals surface area contributed by atoms with E-state index in [-0.39, 0.29) is 40.9 Å². The van der Waals surface area contributed by atoms with Crippen LogP contribution in [0.25, 0.3) is 6.08 Å². The van der Waals surface area contributed by atoms with E-state index in [1.54, 1.807) is 37.3 Å². The van der Waals surface area contributed by atoms with Crippen LogP contribution in [-0.2, 0) is 11.3 Å². The molecule has 3 aromatic rings. The van der Waals surface area contributed by atoms with Gasteiger partial charge in [-0.1, -0.05) is 17.7 Å². The van der Waals surface area contributed by atoms with E-state index in [0.29, 0.717) is 34.3 Å². The van der Waals surface area contributed by atoms with Gasteiger partial charge in [-0.2, -0.15) is 9.37 Å². The number of aromatic nitrogens is 2. The number of halogens is 3. The standard InChI is InChI=1S/C24H16Cl2FN3O6S/c1-2-33-17-5-12(3-4-16(17)36-21-15(27)9-28-23(26)29-21)6-20-22(31)30(24(32)37-20)10-13-7-18-19(8-14(13)25)35-11-34-18/h3-9H,2,10-11H2,1H3/b20-6+. The Morgan fingerprint density at radius 2 is 1.95 bits per heavy atom. The van der Waals surface area contributed by atoms with Gasteiger partial charge in [0.05, 0.1) is 24.3 Å². The van der Waals surface area contributed by atoms with E-state index in [2.05, 4.69) is 9.97 Å². The molecule has 0 radical (unpaired) electrons. The fourth-order valence-electron chi connectivity index (χ4n) is 3.51. The van der Waals surface area contributed by atoms with E-state index < -0.39 is 17.0 Å². The molecule has 0 aliphatic carbocycles. The molecular weight excluding hydrogens is 548 g/mol. The lowest BCUT2D eigenvalue weighted by Crippen LogP contribution is -2.27. The molecule has 0 N–H and O–H groups in total. The molecule has 0 saturated carbocycles. The van der Waals surface area contributed by atoms with Crippen LogP contribution in [0.3, 0.4) is 0 Å². The molecule has 0 bridgehead atoms. The molecular formula is C24H16Cl2FN3O6S. The van der Waals surface area contributed by atoms with Gasteiger partial charge >= 0.3 is 0 Å². The first-order chi connectivity index (χ1) is 17.8. The van der Waals surface area contributed by atoms with Crippen LogP contribution in [0, 0.1) is 5.82 Å². The van der Waals surface area contributed by atoms with Crippen LogP contribution in [0.1, 0.15) is 18.1 Å². The second kappa shape index (κ2) is 10.4. The van der Waals surface area contributed by atoms with E-state index in [4.69, 9.17) is 42.1 Å². The van der Waals surface area contributed by atoms with Crippen molar-refractivity contribution in [1.82, 2.24) is 14.9 Å². The smallest absolute Gasteiger partial charge is 0.293 e. The van der Waals surface area contributed by atoms with Gasteiger partial charge in [0.2, 0.25) is 17.9 Å². The number of ether oxygens (including phenoxy) is 4. The van der Waals surface area contributed by atoms with Crippen molar-refractivity contribution in [2.45, 2.75) is 13.5 Å². The second-order valence-corrected chi connectivity index (χ2v) is 9.34. The highest BCUT2D eigenvalue weighted by atomic mass is 35.5. The summed E-state index contributed by atoms with van der Waals surface area (Å²) in [4.78, 5) is 34.3. The Hall–Kier alpha value is -3.54. The molecule has 13 heteroatoms. The summed E-state index contributed by atoms with van der Waals surface area (Å²) in [5.41, 5.74) is 1.11. The normalized spacial score (nSPS) is 15.6. The van der Waals surface area contributed by atoms with Gasteiger partial charge in [0.15, 0.2) is 23.0 Å². The minimum atomic E-state index is -0.799. The monoisotopic (exact) mass is 563 g/mol. The fourth-order valence-corrected chi connectivity index (χ4v) is 4.69. The molecule has 2 aliphatic heterocycles. The van der Waals surface area contributed by atoms with E-state index >= 15 is 0 Å². The molecule has 3 heterocycles. The van der Waals surface area contributed by atoms with Crippen molar-refractivity contribution < 1.29 is 32.9 Å². The third-order valence-corrected chi connectivity index (χ3v) is 6.64. The molecule has 2 amide bonds. The summed E-state index contributed by atoms with van der Waals surface area (Å²) in [7, 11) is 0. The third-order valence-electron chi connectivity index (χ3n) is 5.20.